The van der Waals surface area contributed by atoms with Crippen molar-refractivity contribution in [3.63, 3.8) is 0 Å². The standard InChI is InChI=1S/C9H17NO3/c1-2-12-9(11)13-8-5-3-4-7(8)6-10/h7-8H,2-6,10H2,1H3. The maximum atomic E-state index is 11.0. The van der Waals surface area contributed by atoms with Crippen LogP contribution >= 0.6 is 0 Å². The minimum Gasteiger partial charge on any atom is -0.435 e. The second kappa shape index (κ2) is 5.07. The van der Waals surface area contributed by atoms with Crippen molar-refractivity contribution in [3.05, 3.63) is 0 Å². The maximum Gasteiger partial charge on any atom is 0.508 e. The molecule has 0 aliphatic heterocycles. The molecule has 0 aromatic heterocycles. The number of carbonyl (C=O) groups is 1. The zero-order valence-electron chi connectivity index (χ0n) is 7.99. The summed E-state index contributed by atoms with van der Waals surface area (Å²) in [6, 6.07) is 0. The van der Waals surface area contributed by atoms with E-state index in [1.54, 1.807) is 6.92 Å². The minimum absolute atomic E-state index is 0.0240. The van der Waals surface area contributed by atoms with E-state index < -0.39 is 6.16 Å². The van der Waals surface area contributed by atoms with E-state index >= 15 is 0 Å². The van der Waals surface area contributed by atoms with Gasteiger partial charge in [-0.05, 0) is 32.7 Å². The van der Waals surface area contributed by atoms with Crippen LogP contribution < -0.4 is 5.73 Å². The van der Waals surface area contributed by atoms with Crippen LogP contribution in [-0.4, -0.2) is 25.4 Å². The largest absolute Gasteiger partial charge is 0.508 e. The van der Waals surface area contributed by atoms with E-state index in [9.17, 15) is 4.79 Å². The van der Waals surface area contributed by atoms with Gasteiger partial charge in [-0.25, -0.2) is 4.79 Å². The van der Waals surface area contributed by atoms with Gasteiger partial charge in [-0.2, -0.15) is 0 Å². The van der Waals surface area contributed by atoms with Gasteiger partial charge in [0.1, 0.15) is 6.10 Å². The van der Waals surface area contributed by atoms with Crippen LogP contribution in [0.5, 0.6) is 0 Å². The first-order valence-corrected chi connectivity index (χ1v) is 4.81. The number of hydrogen-bond acceptors (Lipinski definition) is 4. The molecule has 4 heteroatoms. The van der Waals surface area contributed by atoms with Gasteiger partial charge in [0.25, 0.3) is 0 Å². The maximum absolute atomic E-state index is 11.0. The van der Waals surface area contributed by atoms with E-state index in [1.807, 2.05) is 0 Å². The third-order valence-electron chi connectivity index (χ3n) is 2.40. The zero-order chi connectivity index (χ0) is 9.68. The monoisotopic (exact) mass is 187 g/mol. The molecule has 2 unspecified atom stereocenters. The average Bonchev–Trinajstić information content (AvgIpc) is 2.52. The Bertz CT molecular complexity index is 172. The summed E-state index contributed by atoms with van der Waals surface area (Å²) in [7, 11) is 0. The molecule has 0 radical (unpaired) electrons. The Morgan fingerprint density at radius 2 is 2.31 bits per heavy atom. The van der Waals surface area contributed by atoms with Gasteiger partial charge in [0.05, 0.1) is 6.61 Å². The van der Waals surface area contributed by atoms with Crippen molar-refractivity contribution in [1.82, 2.24) is 0 Å². The lowest BCUT2D eigenvalue weighted by molar-refractivity contribution is 0.0145. The Kier molecular flexibility index (Phi) is 4.02. The van der Waals surface area contributed by atoms with Gasteiger partial charge >= 0.3 is 6.16 Å². The highest BCUT2D eigenvalue weighted by Gasteiger charge is 2.29. The lowest BCUT2D eigenvalue weighted by Crippen LogP contribution is -2.27. The Morgan fingerprint density at radius 1 is 1.54 bits per heavy atom. The molecular formula is C9H17NO3. The molecule has 4 nitrogen and oxygen atoms in total. The van der Waals surface area contributed by atoms with Crippen molar-refractivity contribution in [2.75, 3.05) is 13.2 Å². The Hall–Kier alpha value is -0.770. The van der Waals surface area contributed by atoms with Gasteiger partial charge < -0.3 is 15.2 Å². The summed E-state index contributed by atoms with van der Waals surface area (Å²) >= 11 is 0. The fourth-order valence-corrected chi connectivity index (χ4v) is 1.70. The quantitative estimate of drug-likeness (QED) is 0.676. The van der Waals surface area contributed by atoms with Crippen molar-refractivity contribution < 1.29 is 14.3 Å². The van der Waals surface area contributed by atoms with Crippen LogP contribution in [0.3, 0.4) is 0 Å². The van der Waals surface area contributed by atoms with Crippen LogP contribution in [0, 0.1) is 5.92 Å². The Morgan fingerprint density at radius 3 is 2.92 bits per heavy atom. The summed E-state index contributed by atoms with van der Waals surface area (Å²) in [5, 5.41) is 0. The van der Waals surface area contributed by atoms with Gasteiger partial charge in [0.15, 0.2) is 0 Å². The van der Waals surface area contributed by atoms with Crippen LogP contribution in [0.15, 0.2) is 0 Å². The van der Waals surface area contributed by atoms with Crippen LogP contribution in [-0.2, 0) is 9.47 Å². The number of rotatable bonds is 3. The normalized spacial score (nSPS) is 27.2. The third kappa shape index (κ3) is 2.88. The Balaban J connectivity index is 2.30. The molecule has 0 spiro atoms. The third-order valence-corrected chi connectivity index (χ3v) is 2.40. The van der Waals surface area contributed by atoms with E-state index in [4.69, 9.17) is 15.2 Å². The average molecular weight is 187 g/mol. The molecule has 76 valence electrons. The van der Waals surface area contributed by atoms with E-state index in [-0.39, 0.29) is 6.10 Å². The second-order valence-corrected chi connectivity index (χ2v) is 3.27. The summed E-state index contributed by atoms with van der Waals surface area (Å²) < 4.78 is 9.81. The van der Waals surface area contributed by atoms with Crippen molar-refractivity contribution in [3.8, 4) is 0 Å². The van der Waals surface area contributed by atoms with Crippen molar-refractivity contribution in [2.45, 2.75) is 32.3 Å². The molecule has 2 N–H and O–H groups in total. The van der Waals surface area contributed by atoms with Crippen molar-refractivity contribution >= 4 is 6.16 Å². The lowest BCUT2D eigenvalue weighted by atomic mass is 10.1. The molecule has 13 heavy (non-hydrogen) atoms. The first-order valence-electron chi connectivity index (χ1n) is 4.81. The predicted octanol–water partition coefficient (Wildman–Crippen LogP) is 1.29. The lowest BCUT2D eigenvalue weighted by Gasteiger charge is -2.17. The van der Waals surface area contributed by atoms with Gasteiger partial charge in [0.2, 0.25) is 0 Å². The number of carbonyl (C=O) groups excluding carboxylic acids is 1. The topological polar surface area (TPSA) is 61.5 Å². The summed E-state index contributed by atoms with van der Waals surface area (Å²) in [4.78, 5) is 11.0. The van der Waals surface area contributed by atoms with E-state index in [0.29, 0.717) is 19.1 Å². The minimum atomic E-state index is -0.562. The molecule has 2 atom stereocenters. The Labute approximate surface area is 78.4 Å². The van der Waals surface area contributed by atoms with E-state index in [2.05, 4.69) is 0 Å². The molecule has 0 aromatic carbocycles. The molecule has 1 aliphatic rings. The molecule has 0 heterocycles. The molecule has 0 amide bonds. The van der Waals surface area contributed by atoms with Crippen LogP contribution in [0.2, 0.25) is 0 Å². The fraction of sp³-hybridized carbons (Fsp3) is 0.889. The summed E-state index contributed by atoms with van der Waals surface area (Å²) in [6.07, 6.45) is 2.48. The molecule has 1 saturated carbocycles. The van der Waals surface area contributed by atoms with Gasteiger partial charge in [-0.15, -0.1) is 0 Å². The van der Waals surface area contributed by atoms with Gasteiger partial charge in [-0.3, -0.25) is 0 Å². The smallest absolute Gasteiger partial charge is 0.435 e. The molecule has 1 rings (SSSR count). The van der Waals surface area contributed by atoms with Crippen LogP contribution in [0.25, 0.3) is 0 Å². The highest BCUT2D eigenvalue weighted by Crippen LogP contribution is 2.27. The molecule has 0 aromatic rings. The van der Waals surface area contributed by atoms with E-state index in [0.717, 1.165) is 19.3 Å². The molecule has 1 aliphatic carbocycles. The fourth-order valence-electron chi connectivity index (χ4n) is 1.70. The second-order valence-electron chi connectivity index (χ2n) is 3.27. The summed E-state index contributed by atoms with van der Waals surface area (Å²) in [5.74, 6) is 0.324. The first kappa shape index (κ1) is 10.3. The number of ether oxygens (including phenoxy) is 2. The van der Waals surface area contributed by atoms with Crippen molar-refractivity contribution in [2.24, 2.45) is 11.7 Å². The SMILES string of the molecule is CCOC(=O)OC1CCCC1CN. The van der Waals surface area contributed by atoms with Gasteiger partial charge in [0, 0.05) is 5.92 Å². The summed E-state index contributed by atoms with van der Waals surface area (Å²) in [5.41, 5.74) is 5.54. The first-order chi connectivity index (χ1) is 6.27. The van der Waals surface area contributed by atoms with Crippen LogP contribution in [0.4, 0.5) is 4.79 Å². The zero-order valence-corrected chi connectivity index (χ0v) is 7.99. The highest BCUT2D eigenvalue weighted by atomic mass is 16.7. The highest BCUT2D eigenvalue weighted by molar-refractivity contribution is 5.60. The summed E-state index contributed by atoms with van der Waals surface area (Å²) in [6.45, 7) is 2.71. The number of hydrogen-bond donors (Lipinski definition) is 1. The molecule has 0 bridgehead atoms. The molecule has 0 saturated heterocycles. The predicted molar refractivity (Wildman–Crippen MR) is 48.3 cm³/mol. The number of nitrogens with two attached hydrogens (primary N) is 1. The van der Waals surface area contributed by atoms with Crippen LogP contribution in [0.1, 0.15) is 26.2 Å². The van der Waals surface area contributed by atoms with E-state index in [1.165, 1.54) is 0 Å². The molecular weight excluding hydrogens is 170 g/mol. The van der Waals surface area contributed by atoms with Gasteiger partial charge in [-0.1, -0.05) is 0 Å². The molecule has 1 fully saturated rings. The van der Waals surface area contributed by atoms with Crippen molar-refractivity contribution in [1.29, 1.82) is 0 Å².